The first kappa shape index (κ1) is 14.6. The monoisotopic (exact) mass is 283 g/mol. The van der Waals surface area contributed by atoms with Gasteiger partial charge in [-0.2, -0.15) is 0 Å². The van der Waals surface area contributed by atoms with Crippen molar-refractivity contribution in [3.8, 4) is 0 Å². The summed E-state index contributed by atoms with van der Waals surface area (Å²) in [6, 6.07) is 19.2. The van der Waals surface area contributed by atoms with Crippen molar-refractivity contribution >= 4 is 34.0 Å². The highest BCUT2D eigenvalue weighted by atomic mass is 35.5. The Labute approximate surface area is 125 Å². The van der Waals surface area contributed by atoms with E-state index < -0.39 is 0 Å². The van der Waals surface area contributed by atoms with Crippen molar-refractivity contribution in [2.24, 2.45) is 5.73 Å². The van der Waals surface area contributed by atoms with Gasteiger partial charge in [-0.1, -0.05) is 54.6 Å². The standard InChI is InChI=1S/C18H17N.ClH/c1-2-7-18(19)17-12-13-8-3-4-9-14(13)15-10-5-6-11-16(15)17;/h2-6,8-12,18H,1,7,19H2;1H/t18-;/m0./s1. The minimum atomic E-state index is 0. The topological polar surface area (TPSA) is 26.0 Å². The van der Waals surface area contributed by atoms with Crippen LogP contribution in [-0.2, 0) is 0 Å². The second kappa shape index (κ2) is 6.08. The van der Waals surface area contributed by atoms with Crippen LogP contribution in [0.4, 0.5) is 0 Å². The Bertz CT molecular complexity index is 749. The lowest BCUT2D eigenvalue weighted by Gasteiger charge is -2.15. The summed E-state index contributed by atoms with van der Waals surface area (Å²) in [7, 11) is 0. The number of rotatable bonds is 3. The van der Waals surface area contributed by atoms with E-state index in [-0.39, 0.29) is 18.4 Å². The largest absolute Gasteiger partial charge is 0.324 e. The summed E-state index contributed by atoms with van der Waals surface area (Å²) in [5, 5.41) is 5.05. The van der Waals surface area contributed by atoms with Crippen LogP contribution < -0.4 is 5.73 Å². The Kier molecular flexibility index (Phi) is 4.43. The van der Waals surface area contributed by atoms with Gasteiger partial charge in [0.25, 0.3) is 0 Å². The molecular weight excluding hydrogens is 266 g/mol. The number of benzene rings is 3. The van der Waals surface area contributed by atoms with Gasteiger partial charge in [0, 0.05) is 6.04 Å². The Morgan fingerprint density at radius 1 is 0.950 bits per heavy atom. The van der Waals surface area contributed by atoms with Crippen LogP contribution in [0.3, 0.4) is 0 Å². The summed E-state index contributed by atoms with van der Waals surface area (Å²) >= 11 is 0. The lowest BCUT2D eigenvalue weighted by Crippen LogP contribution is -2.09. The lowest BCUT2D eigenvalue weighted by molar-refractivity contribution is 0.749. The van der Waals surface area contributed by atoms with Gasteiger partial charge >= 0.3 is 0 Å². The molecule has 0 saturated carbocycles. The van der Waals surface area contributed by atoms with Gasteiger partial charge in [0.2, 0.25) is 0 Å². The van der Waals surface area contributed by atoms with E-state index in [1.54, 1.807) is 0 Å². The van der Waals surface area contributed by atoms with Gasteiger partial charge in [-0.15, -0.1) is 19.0 Å². The molecule has 0 saturated heterocycles. The Hall–Kier alpha value is -1.83. The van der Waals surface area contributed by atoms with E-state index in [9.17, 15) is 0 Å². The predicted molar refractivity (Wildman–Crippen MR) is 90.4 cm³/mol. The number of fused-ring (bicyclic) bond motifs is 3. The van der Waals surface area contributed by atoms with Crippen LogP contribution in [0, 0.1) is 0 Å². The molecule has 0 aliphatic carbocycles. The predicted octanol–water partition coefficient (Wildman–Crippen LogP) is 4.99. The van der Waals surface area contributed by atoms with E-state index in [4.69, 9.17) is 5.73 Å². The molecule has 0 heterocycles. The first-order chi connectivity index (χ1) is 9.31. The van der Waals surface area contributed by atoms with Crippen molar-refractivity contribution < 1.29 is 0 Å². The number of hydrogen-bond donors (Lipinski definition) is 1. The van der Waals surface area contributed by atoms with E-state index >= 15 is 0 Å². The van der Waals surface area contributed by atoms with E-state index in [1.165, 1.54) is 27.1 Å². The molecule has 1 atom stereocenters. The molecule has 0 fully saturated rings. The lowest BCUT2D eigenvalue weighted by atomic mass is 9.93. The molecular formula is C18H18ClN. The molecule has 102 valence electrons. The second-order valence-electron chi connectivity index (χ2n) is 4.86. The highest BCUT2D eigenvalue weighted by Gasteiger charge is 2.11. The van der Waals surface area contributed by atoms with Gasteiger partial charge in [0.15, 0.2) is 0 Å². The maximum Gasteiger partial charge on any atom is 0.0336 e. The minimum absolute atomic E-state index is 0. The van der Waals surface area contributed by atoms with Crippen LogP contribution in [0.5, 0.6) is 0 Å². The number of hydrogen-bond acceptors (Lipinski definition) is 1. The SMILES string of the molecule is C=CC[C@H](N)c1cc2ccccc2c2ccccc12.Cl. The summed E-state index contributed by atoms with van der Waals surface area (Å²) < 4.78 is 0. The van der Waals surface area contributed by atoms with Crippen LogP contribution in [0.1, 0.15) is 18.0 Å². The molecule has 20 heavy (non-hydrogen) atoms. The second-order valence-corrected chi connectivity index (χ2v) is 4.86. The first-order valence-electron chi connectivity index (χ1n) is 6.58. The molecule has 0 aliphatic heterocycles. The molecule has 0 radical (unpaired) electrons. The summed E-state index contributed by atoms with van der Waals surface area (Å²) in [4.78, 5) is 0. The molecule has 3 aromatic rings. The maximum absolute atomic E-state index is 6.29. The van der Waals surface area contributed by atoms with Crippen LogP contribution in [-0.4, -0.2) is 0 Å². The fraction of sp³-hybridized carbons (Fsp3) is 0.111. The van der Waals surface area contributed by atoms with Gasteiger partial charge < -0.3 is 5.73 Å². The average molecular weight is 284 g/mol. The van der Waals surface area contributed by atoms with E-state index in [0.29, 0.717) is 0 Å². The molecule has 2 N–H and O–H groups in total. The number of nitrogens with two attached hydrogens (primary N) is 1. The molecule has 0 amide bonds. The third-order valence-electron chi connectivity index (χ3n) is 3.62. The van der Waals surface area contributed by atoms with E-state index in [1.807, 2.05) is 6.08 Å². The van der Waals surface area contributed by atoms with Gasteiger partial charge in [0.1, 0.15) is 0 Å². The van der Waals surface area contributed by atoms with Crippen molar-refractivity contribution in [1.29, 1.82) is 0 Å². The summed E-state index contributed by atoms with van der Waals surface area (Å²) in [5.74, 6) is 0. The van der Waals surface area contributed by atoms with Gasteiger partial charge in [-0.3, -0.25) is 0 Å². The fourth-order valence-electron chi connectivity index (χ4n) is 2.70. The molecule has 3 rings (SSSR count). The smallest absolute Gasteiger partial charge is 0.0336 e. The van der Waals surface area contributed by atoms with E-state index in [2.05, 4.69) is 61.2 Å². The highest BCUT2D eigenvalue weighted by molar-refractivity contribution is 6.09. The Morgan fingerprint density at radius 2 is 1.55 bits per heavy atom. The molecule has 0 spiro atoms. The van der Waals surface area contributed by atoms with Gasteiger partial charge in [-0.25, -0.2) is 0 Å². The molecule has 2 heteroatoms. The van der Waals surface area contributed by atoms with Crippen molar-refractivity contribution in [3.05, 3.63) is 72.8 Å². The van der Waals surface area contributed by atoms with E-state index in [0.717, 1.165) is 6.42 Å². The quantitative estimate of drug-likeness (QED) is 0.532. The summed E-state index contributed by atoms with van der Waals surface area (Å²) in [5.41, 5.74) is 7.49. The van der Waals surface area contributed by atoms with Crippen LogP contribution in [0.25, 0.3) is 21.5 Å². The molecule has 3 aromatic carbocycles. The first-order valence-corrected chi connectivity index (χ1v) is 6.58. The molecule has 0 unspecified atom stereocenters. The highest BCUT2D eigenvalue weighted by Crippen LogP contribution is 2.32. The summed E-state index contributed by atoms with van der Waals surface area (Å²) in [6.07, 6.45) is 2.68. The Balaban J connectivity index is 0.00000147. The minimum Gasteiger partial charge on any atom is -0.324 e. The fourth-order valence-corrected chi connectivity index (χ4v) is 2.70. The van der Waals surface area contributed by atoms with Gasteiger partial charge in [-0.05, 0) is 39.6 Å². The van der Waals surface area contributed by atoms with Crippen molar-refractivity contribution in [2.75, 3.05) is 0 Å². The van der Waals surface area contributed by atoms with Crippen molar-refractivity contribution in [2.45, 2.75) is 12.5 Å². The Morgan fingerprint density at radius 3 is 2.25 bits per heavy atom. The van der Waals surface area contributed by atoms with Gasteiger partial charge in [0.05, 0.1) is 0 Å². The molecule has 0 bridgehead atoms. The normalized spacial score (nSPS) is 12.1. The van der Waals surface area contributed by atoms with Crippen LogP contribution in [0.2, 0.25) is 0 Å². The maximum atomic E-state index is 6.29. The van der Waals surface area contributed by atoms with Crippen LogP contribution >= 0.6 is 12.4 Å². The van der Waals surface area contributed by atoms with Crippen molar-refractivity contribution in [3.63, 3.8) is 0 Å². The molecule has 0 aromatic heterocycles. The third kappa shape index (κ3) is 2.43. The van der Waals surface area contributed by atoms with Crippen LogP contribution in [0.15, 0.2) is 67.3 Å². The zero-order valence-electron chi connectivity index (χ0n) is 11.3. The zero-order valence-corrected chi connectivity index (χ0v) is 12.1. The summed E-state index contributed by atoms with van der Waals surface area (Å²) in [6.45, 7) is 3.79. The molecule has 1 nitrogen and oxygen atoms in total. The third-order valence-corrected chi connectivity index (χ3v) is 3.62. The molecule has 0 aliphatic rings. The zero-order chi connectivity index (χ0) is 13.2. The van der Waals surface area contributed by atoms with Crippen molar-refractivity contribution in [1.82, 2.24) is 0 Å². The average Bonchev–Trinajstić information content (AvgIpc) is 2.46. The number of halogens is 1.